The third-order valence-corrected chi connectivity index (χ3v) is 7.88. The lowest BCUT2D eigenvalue weighted by molar-refractivity contribution is -0.139. The number of nitrogens with one attached hydrogen (secondary N) is 1. The van der Waals surface area contributed by atoms with Crippen LogP contribution in [0.4, 0.5) is 14.8 Å². The monoisotopic (exact) mass is 605 g/mol. The minimum absolute atomic E-state index is 0.0841. The number of oxazole rings is 1. The number of benzene rings is 1. The number of rotatable bonds is 8. The third-order valence-electron chi connectivity index (χ3n) is 6.72. The minimum Gasteiger partial charge on any atom is -0.463 e. The number of aromatic nitrogens is 2. The van der Waals surface area contributed by atoms with Crippen molar-refractivity contribution >= 4 is 46.7 Å². The Morgan fingerprint density at radius 2 is 1.90 bits per heavy atom. The maximum atomic E-state index is 14.6. The molecule has 1 fully saturated rings. The summed E-state index contributed by atoms with van der Waals surface area (Å²) in [4.78, 5) is 40.6. The van der Waals surface area contributed by atoms with Crippen molar-refractivity contribution in [1.29, 1.82) is 0 Å². The maximum Gasteiger partial charge on any atom is 0.360 e. The van der Waals surface area contributed by atoms with Crippen LogP contribution in [0.1, 0.15) is 53.8 Å². The number of carbonyl (C=O) groups excluding carboxylic acids is 2. The molecule has 0 aliphatic carbocycles. The van der Waals surface area contributed by atoms with Gasteiger partial charge < -0.3 is 24.1 Å². The molecule has 0 bridgehead atoms. The SMILES string of the molecule is CCOC(=O)C1=C(C2CCN(c3nc(C(=O)OCC)co3)CC2)NC(c2nccs2)=NC1c1ccc(F)c(F)c1Cl. The molecule has 4 heterocycles. The molecular weight excluding hydrogens is 580 g/mol. The van der Waals surface area contributed by atoms with E-state index >= 15 is 0 Å². The van der Waals surface area contributed by atoms with Crippen molar-refractivity contribution in [1.82, 2.24) is 15.3 Å². The highest BCUT2D eigenvalue weighted by Gasteiger charge is 2.38. The van der Waals surface area contributed by atoms with Gasteiger partial charge in [-0.2, -0.15) is 4.98 Å². The van der Waals surface area contributed by atoms with Gasteiger partial charge in [-0.1, -0.05) is 17.7 Å². The molecular formula is C27H26ClF2N5O5S. The van der Waals surface area contributed by atoms with Gasteiger partial charge in [0.1, 0.15) is 12.3 Å². The van der Waals surface area contributed by atoms with Crippen LogP contribution in [0, 0.1) is 17.6 Å². The number of allylic oxidation sites excluding steroid dienone is 1. The molecule has 2 aliphatic rings. The molecule has 5 rings (SSSR count). The quantitative estimate of drug-likeness (QED) is 0.277. The fraction of sp³-hybridized carbons (Fsp3) is 0.370. The number of ether oxygens (including phenoxy) is 2. The number of hydrogen-bond donors (Lipinski definition) is 1. The summed E-state index contributed by atoms with van der Waals surface area (Å²) in [5.41, 5.74) is 0.930. The van der Waals surface area contributed by atoms with E-state index < -0.39 is 34.6 Å². The Labute approximate surface area is 243 Å². The van der Waals surface area contributed by atoms with Gasteiger partial charge in [-0.3, -0.25) is 4.99 Å². The molecule has 41 heavy (non-hydrogen) atoms. The van der Waals surface area contributed by atoms with Gasteiger partial charge in [0, 0.05) is 41.8 Å². The first kappa shape index (κ1) is 28.7. The molecule has 2 aromatic heterocycles. The zero-order valence-corrected chi connectivity index (χ0v) is 23.7. The lowest BCUT2D eigenvalue weighted by Gasteiger charge is -2.36. The number of halogens is 3. The molecule has 1 aromatic carbocycles. The number of carbonyl (C=O) groups is 2. The van der Waals surface area contributed by atoms with Crippen LogP contribution in [0.3, 0.4) is 0 Å². The molecule has 1 atom stereocenters. The Balaban J connectivity index is 1.50. The lowest BCUT2D eigenvalue weighted by atomic mass is 9.85. The predicted molar refractivity (Wildman–Crippen MR) is 147 cm³/mol. The molecule has 2 aliphatic heterocycles. The molecule has 0 amide bonds. The van der Waals surface area contributed by atoms with Crippen molar-refractivity contribution in [3.63, 3.8) is 0 Å². The van der Waals surface area contributed by atoms with E-state index in [0.717, 1.165) is 6.07 Å². The van der Waals surface area contributed by atoms with Crippen LogP contribution < -0.4 is 10.2 Å². The third kappa shape index (κ3) is 5.82. The number of esters is 2. The van der Waals surface area contributed by atoms with Crippen molar-refractivity contribution in [2.24, 2.45) is 10.9 Å². The van der Waals surface area contributed by atoms with Gasteiger partial charge in [-0.15, -0.1) is 11.3 Å². The molecule has 10 nitrogen and oxygen atoms in total. The van der Waals surface area contributed by atoms with Gasteiger partial charge in [0.25, 0.3) is 6.01 Å². The van der Waals surface area contributed by atoms with Crippen molar-refractivity contribution in [3.05, 3.63) is 74.2 Å². The van der Waals surface area contributed by atoms with Gasteiger partial charge in [-0.25, -0.2) is 23.4 Å². The lowest BCUT2D eigenvalue weighted by Crippen LogP contribution is -2.41. The number of piperidine rings is 1. The van der Waals surface area contributed by atoms with E-state index in [2.05, 4.69) is 15.3 Å². The summed E-state index contributed by atoms with van der Waals surface area (Å²) in [6, 6.07) is 1.50. The van der Waals surface area contributed by atoms with Crippen molar-refractivity contribution in [2.75, 3.05) is 31.2 Å². The van der Waals surface area contributed by atoms with Crippen LogP contribution >= 0.6 is 22.9 Å². The normalized spacial score (nSPS) is 17.7. The number of anilines is 1. The van der Waals surface area contributed by atoms with Crippen molar-refractivity contribution < 1.29 is 32.3 Å². The molecule has 3 aromatic rings. The average molecular weight is 606 g/mol. The van der Waals surface area contributed by atoms with Crippen LogP contribution in [0.15, 0.2) is 50.7 Å². The fourth-order valence-electron chi connectivity index (χ4n) is 4.81. The number of hydrogen-bond acceptors (Lipinski definition) is 11. The van der Waals surface area contributed by atoms with Crippen LogP contribution in [-0.2, 0) is 14.3 Å². The topological polar surface area (TPSA) is 119 Å². The summed E-state index contributed by atoms with van der Waals surface area (Å²) in [6.45, 7) is 4.70. The Morgan fingerprint density at radius 3 is 2.59 bits per heavy atom. The largest absolute Gasteiger partial charge is 0.463 e. The van der Waals surface area contributed by atoms with E-state index in [1.165, 1.54) is 23.7 Å². The van der Waals surface area contributed by atoms with E-state index in [0.29, 0.717) is 48.5 Å². The van der Waals surface area contributed by atoms with Gasteiger partial charge in [-0.05, 0) is 32.8 Å². The van der Waals surface area contributed by atoms with Gasteiger partial charge in [0.15, 0.2) is 28.2 Å². The fourth-order valence-corrected chi connectivity index (χ4v) is 5.66. The number of aliphatic imine (C=N–C) groups is 1. The molecule has 0 radical (unpaired) electrons. The summed E-state index contributed by atoms with van der Waals surface area (Å²) < 4.78 is 44.5. The first-order chi connectivity index (χ1) is 19.8. The van der Waals surface area contributed by atoms with Crippen LogP contribution in [0.2, 0.25) is 5.02 Å². The summed E-state index contributed by atoms with van der Waals surface area (Å²) in [7, 11) is 0. The standard InChI is InChI=1S/C27H26ClF2N5O5S/c1-3-38-25(36)17-13-40-27(32-17)35-10-7-14(8-11-35)21-18(26(37)39-4-2)22(15-5-6-16(29)20(30)19(15)28)34-23(33-21)24-31-9-12-41-24/h5-6,9,12-14,22H,3-4,7-8,10-11H2,1-2H3,(H,33,34). The van der Waals surface area contributed by atoms with Crippen molar-refractivity contribution in [3.8, 4) is 0 Å². The van der Waals surface area contributed by atoms with E-state index in [-0.39, 0.29) is 36.0 Å². The summed E-state index contributed by atoms with van der Waals surface area (Å²) >= 11 is 7.60. The number of thiazole rings is 1. The van der Waals surface area contributed by atoms with E-state index in [9.17, 15) is 18.4 Å². The maximum absolute atomic E-state index is 14.6. The van der Waals surface area contributed by atoms with E-state index in [1.807, 2.05) is 4.90 Å². The first-order valence-electron chi connectivity index (χ1n) is 13.0. The highest BCUT2D eigenvalue weighted by Crippen LogP contribution is 2.41. The zero-order valence-electron chi connectivity index (χ0n) is 22.2. The smallest absolute Gasteiger partial charge is 0.360 e. The second-order valence-electron chi connectivity index (χ2n) is 9.15. The molecule has 1 N–H and O–H groups in total. The average Bonchev–Trinajstić information content (AvgIpc) is 3.69. The van der Waals surface area contributed by atoms with E-state index in [4.69, 9.17) is 30.5 Å². The summed E-state index contributed by atoms with van der Waals surface area (Å²) in [6.07, 6.45) is 4.00. The van der Waals surface area contributed by atoms with Gasteiger partial charge in [0.2, 0.25) is 0 Å². The second-order valence-corrected chi connectivity index (χ2v) is 10.4. The Bertz CT molecular complexity index is 1500. The summed E-state index contributed by atoms with van der Waals surface area (Å²) in [5.74, 6) is -3.34. The number of amidine groups is 1. The molecule has 0 saturated carbocycles. The van der Waals surface area contributed by atoms with Crippen LogP contribution in [-0.4, -0.2) is 54.0 Å². The Kier molecular flexibility index (Phi) is 8.64. The Hall–Kier alpha value is -3.84. The summed E-state index contributed by atoms with van der Waals surface area (Å²) in [5, 5.41) is 5.17. The highest BCUT2D eigenvalue weighted by atomic mass is 35.5. The molecule has 0 spiro atoms. The van der Waals surface area contributed by atoms with E-state index in [1.54, 1.807) is 25.4 Å². The molecule has 1 saturated heterocycles. The zero-order chi connectivity index (χ0) is 29.1. The van der Waals surface area contributed by atoms with Crippen LogP contribution in [0.25, 0.3) is 0 Å². The molecule has 1 unspecified atom stereocenters. The second kappa shape index (κ2) is 12.4. The van der Waals surface area contributed by atoms with Gasteiger partial charge >= 0.3 is 11.9 Å². The highest BCUT2D eigenvalue weighted by molar-refractivity contribution is 7.11. The molecule has 216 valence electrons. The minimum atomic E-state index is -1.22. The van der Waals surface area contributed by atoms with Crippen LogP contribution in [0.5, 0.6) is 0 Å². The molecule has 14 heteroatoms. The Morgan fingerprint density at radius 1 is 1.17 bits per heavy atom. The van der Waals surface area contributed by atoms with Crippen molar-refractivity contribution in [2.45, 2.75) is 32.7 Å². The number of nitrogens with zero attached hydrogens (tertiary/aromatic N) is 4. The predicted octanol–water partition coefficient (Wildman–Crippen LogP) is 5.06. The van der Waals surface area contributed by atoms with Gasteiger partial charge in [0.05, 0.1) is 23.8 Å². The first-order valence-corrected chi connectivity index (χ1v) is 14.2.